The quantitative estimate of drug-likeness (QED) is 0.804. The van der Waals surface area contributed by atoms with Gasteiger partial charge in [0.05, 0.1) is 0 Å². The average Bonchev–Trinajstić information content (AvgIpc) is 2.87. The van der Waals surface area contributed by atoms with Crippen molar-refractivity contribution in [2.24, 2.45) is 0 Å². The Morgan fingerprint density at radius 3 is 2.63 bits per heavy atom. The topological polar surface area (TPSA) is 48.7 Å². The molecule has 0 aliphatic carbocycles. The van der Waals surface area contributed by atoms with Gasteiger partial charge >= 0.3 is 0 Å². The molecule has 1 aliphatic heterocycles. The van der Waals surface area contributed by atoms with Gasteiger partial charge in [-0.2, -0.15) is 0 Å². The first-order chi connectivity index (χ1) is 9.22. The molecule has 0 saturated heterocycles. The second-order valence-corrected chi connectivity index (χ2v) is 5.16. The van der Waals surface area contributed by atoms with Crippen molar-refractivity contribution in [1.82, 2.24) is 0 Å². The van der Waals surface area contributed by atoms with E-state index in [1.54, 1.807) is 12.1 Å². The molecule has 5 heteroatoms. The number of ketones is 1. The molecule has 98 valence electrons. The van der Waals surface area contributed by atoms with E-state index in [1.165, 1.54) is 18.7 Å². The van der Waals surface area contributed by atoms with Gasteiger partial charge in [-0.25, -0.2) is 0 Å². The Kier molecular flexibility index (Phi) is 3.21. The Morgan fingerprint density at radius 2 is 1.89 bits per heavy atom. The minimum atomic E-state index is -0.0750. The monoisotopic (exact) mass is 276 g/mol. The van der Waals surface area contributed by atoms with Crippen molar-refractivity contribution in [2.45, 2.75) is 16.9 Å². The van der Waals surface area contributed by atoms with Crippen LogP contribution in [0.5, 0.6) is 11.5 Å². The van der Waals surface area contributed by atoms with Crippen molar-refractivity contribution >= 4 is 17.5 Å². The van der Waals surface area contributed by atoms with Crippen LogP contribution in [0.25, 0.3) is 0 Å². The minimum Gasteiger partial charge on any atom is -0.486 e. The Balaban J connectivity index is 1.80. The molecule has 0 N–H and O–H groups in total. The fraction of sp³-hybridized carbons (Fsp3) is 0.214. The van der Waals surface area contributed by atoms with Crippen molar-refractivity contribution in [2.75, 3.05) is 13.2 Å². The summed E-state index contributed by atoms with van der Waals surface area (Å²) in [4.78, 5) is 12.1. The lowest BCUT2D eigenvalue weighted by Gasteiger charge is -2.18. The van der Waals surface area contributed by atoms with Gasteiger partial charge in [-0.3, -0.25) is 4.79 Å². The van der Waals surface area contributed by atoms with E-state index in [0.717, 1.165) is 16.4 Å². The second kappa shape index (κ2) is 5.01. The molecule has 0 atom stereocenters. The van der Waals surface area contributed by atoms with E-state index >= 15 is 0 Å². The standard InChI is InChI=1S/C14H12O4S/c1-9(15)11-4-5-14(18-11)19-10-2-3-12-13(8-10)17-7-6-16-12/h2-5,8H,6-7H2,1H3. The summed E-state index contributed by atoms with van der Waals surface area (Å²) < 4.78 is 16.4. The molecule has 0 fully saturated rings. The van der Waals surface area contributed by atoms with Crippen LogP contribution in [0, 0.1) is 0 Å². The summed E-state index contributed by atoms with van der Waals surface area (Å²) in [7, 11) is 0. The van der Waals surface area contributed by atoms with Gasteiger partial charge in [0.2, 0.25) is 0 Å². The zero-order valence-corrected chi connectivity index (χ0v) is 11.2. The van der Waals surface area contributed by atoms with Gasteiger partial charge in [-0.15, -0.1) is 0 Å². The van der Waals surface area contributed by atoms with Gasteiger partial charge in [-0.05, 0) is 30.3 Å². The maximum atomic E-state index is 11.2. The average molecular weight is 276 g/mol. The Hall–Kier alpha value is -1.88. The number of hydrogen-bond acceptors (Lipinski definition) is 5. The summed E-state index contributed by atoms with van der Waals surface area (Å²) in [6.45, 7) is 2.63. The second-order valence-electron chi connectivity index (χ2n) is 4.08. The Bertz CT molecular complexity index is 618. The molecular weight excluding hydrogens is 264 g/mol. The molecule has 0 saturated carbocycles. The van der Waals surface area contributed by atoms with Gasteiger partial charge < -0.3 is 13.9 Å². The van der Waals surface area contributed by atoms with Crippen molar-refractivity contribution in [1.29, 1.82) is 0 Å². The van der Waals surface area contributed by atoms with Crippen molar-refractivity contribution in [3.8, 4) is 11.5 Å². The first kappa shape index (κ1) is 12.2. The van der Waals surface area contributed by atoms with Crippen LogP contribution in [0.3, 0.4) is 0 Å². The summed E-state index contributed by atoms with van der Waals surface area (Å²) >= 11 is 1.44. The molecule has 2 aromatic rings. The molecule has 1 aliphatic rings. The number of benzene rings is 1. The number of Topliss-reactive ketones (excluding diaryl/α,β-unsaturated/α-hetero) is 1. The number of fused-ring (bicyclic) bond motifs is 1. The van der Waals surface area contributed by atoms with E-state index in [9.17, 15) is 4.79 Å². The molecule has 2 heterocycles. The highest BCUT2D eigenvalue weighted by molar-refractivity contribution is 7.99. The summed E-state index contributed by atoms with van der Waals surface area (Å²) in [6.07, 6.45) is 0. The number of hydrogen-bond donors (Lipinski definition) is 0. The SMILES string of the molecule is CC(=O)c1ccc(Sc2ccc3c(c2)OCCO3)o1. The summed E-state index contributed by atoms with van der Waals surface area (Å²) in [5.41, 5.74) is 0. The van der Waals surface area contributed by atoms with Gasteiger partial charge in [0.15, 0.2) is 28.1 Å². The number of carbonyl (C=O) groups is 1. The zero-order valence-electron chi connectivity index (χ0n) is 10.3. The van der Waals surface area contributed by atoms with E-state index in [0.29, 0.717) is 24.1 Å². The fourth-order valence-electron chi connectivity index (χ4n) is 1.77. The minimum absolute atomic E-state index is 0.0750. The van der Waals surface area contributed by atoms with Crippen LogP contribution < -0.4 is 9.47 Å². The molecule has 0 bridgehead atoms. The van der Waals surface area contributed by atoms with Crippen LogP contribution in [-0.2, 0) is 0 Å². The third-order valence-electron chi connectivity index (χ3n) is 2.66. The molecule has 0 unspecified atom stereocenters. The van der Waals surface area contributed by atoms with Gasteiger partial charge in [0.25, 0.3) is 0 Å². The summed E-state index contributed by atoms with van der Waals surface area (Å²) in [6, 6.07) is 9.20. The molecule has 0 radical (unpaired) electrons. The molecule has 19 heavy (non-hydrogen) atoms. The summed E-state index contributed by atoms with van der Waals surface area (Å²) in [5.74, 6) is 1.81. The zero-order chi connectivity index (χ0) is 13.2. The molecule has 0 spiro atoms. The number of carbonyl (C=O) groups excluding carboxylic acids is 1. The Morgan fingerprint density at radius 1 is 1.11 bits per heavy atom. The molecule has 4 nitrogen and oxygen atoms in total. The maximum Gasteiger partial charge on any atom is 0.194 e. The van der Waals surface area contributed by atoms with Crippen LogP contribution in [-0.4, -0.2) is 19.0 Å². The van der Waals surface area contributed by atoms with Crippen LogP contribution in [0.4, 0.5) is 0 Å². The number of rotatable bonds is 3. The molecule has 0 amide bonds. The third-order valence-corrected chi connectivity index (χ3v) is 3.57. The highest BCUT2D eigenvalue weighted by Gasteiger charge is 2.13. The summed E-state index contributed by atoms with van der Waals surface area (Å²) in [5, 5.41) is 0.682. The first-order valence-electron chi connectivity index (χ1n) is 5.90. The highest BCUT2D eigenvalue weighted by Crippen LogP contribution is 2.37. The smallest absolute Gasteiger partial charge is 0.194 e. The molecule has 3 rings (SSSR count). The van der Waals surface area contributed by atoms with Crippen molar-refractivity contribution < 1.29 is 18.7 Å². The van der Waals surface area contributed by atoms with E-state index in [-0.39, 0.29) is 5.78 Å². The third kappa shape index (κ3) is 2.61. The first-order valence-corrected chi connectivity index (χ1v) is 6.72. The van der Waals surface area contributed by atoms with Crippen molar-refractivity contribution in [3.63, 3.8) is 0 Å². The predicted octanol–water partition coefficient (Wildman–Crippen LogP) is 3.40. The van der Waals surface area contributed by atoms with Gasteiger partial charge in [0.1, 0.15) is 13.2 Å². The van der Waals surface area contributed by atoms with E-state index in [4.69, 9.17) is 13.9 Å². The maximum absolute atomic E-state index is 11.2. The van der Waals surface area contributed by atoms with Crippen LogP contribution in [0.1, 0.15) is 17.5 Å². The highest BCUT2D eigenvalue weighted by atomic mass is 32.2. The molecule has 1 aromatic heterocycles. The normalized spacial score (nSPS) is 13.3. The number of furan rings is 1. The lowest BCUT2D eigenvalue weighted by atomic mass is 10.3. The van der Waals surface area contributed by atoms with Gasteiger partial charge in [-0.1, -0.05) is 11.8 Å². The largest absolute Gasteiger partial charge is 0.486 e. The number of ether oxygens (including phenoxy) is 2. The van der Waals surface area contributed by atoms with Crippen molar-refractivity contribution in [3.05, 3.63) is 36.1 Å². The fourth-order valence-corrected chi connectivity index (χ4v) is 2.57. The molecule has 1 aromatic carbocycles. The van der Waals surface area contributed by atoms with Crippen LogP contribution in [0.2, 0.25) is 0 Å². The van der Waals surface area contributed by atoms with E-state index in [2.05, 4.69) is 0 Å². The van der Waals surface area contributed by atoms with Crippen LogP contribution >= 0.6 is 11.8 Å². The lowest BCUT2D eigenvalue weighted by Crippen LogP contribution is -2.15. The van der Waals surface area contributed by atoms with E-state index in [1.807, 2.05) is 18.2 Å². The predicted molar refractivity (Wildman–Crippen MR) is 70.3 cm³/mol. The Labute approximate surface area is 114 Å². The van der Waals surface area contributed by atoms with Gasteiger partial charge in [0, 0.05) is 11.8 Å². The van der Waals surface area contributed by atoms with E-state index < -0.39 is 0 Å². The molecular formula is C14H12O4S. The lowest BCUT2D eigenvalue weighted by molar-refractivity contribution is 0.0982. The van der Waals surface area contributed by atoms with Crippen LogP contribution in [0.15, 0.2) is 44.7 Å².